The number of carbonyl (C=O) groups excluding carboxylic acids is 1. The van der Waals surface area contributed by atoms with Crippen molar-refractivity contribution in [1.82, 2.24) is 9.88 Å². The van der Waals surface area contributed by atoms with Crippen molar-refractivity contribution in [2.45, 2.75) is 20.4 Å². The number of pyridine rings is 1. The van der Waals surface area contributed by atoms with E-state index in [0.29, 0.717) is 22.5 Å². The first-order chi connectivity index (χ1) is 16.0. The van der Waals surface area contributed by atoms with Gasteiger partial charge in [0, 0.05) is 41.4 Å². The molecule has 7 heteroatoms. The number of nitrogens with one attached hydrogen (secondary N) is 2. The number of carboxylic acids is 1. The van der Waals surface area contributed by atoms with Gasteiger partial charge in [-0.25, -0.2) is 4.79 Å². The standard InChI is InChI=1S/C26H26N4O3/c1-3-30(4-2)16-17-7-10-20(11-8-17)28-24(19-6-5-13-27-15-19)23-21-14-18(26(32)33)9-12-22(21)29-25(23)31/h5-15,28H,3-4,16H2,1-2H3,(H,29,31)(H,32,33). The van der Waals surface area contributed by atoms with Crippen molar-refractivity contribution in [2.24, 2.45) is 0 Å². The molecule has 1 amide bonds. The van der Waals surface area contributed by atoms with Crippen LogP contribution in [0.3, 0.4) is 0 Å². The van der Waals surface area contributed by atoms with Crippen molar-refractivity contribution in [3.63, 3.8) is 0 Å². The van der Waals surface area contributed by atoms with Gasteiger partial charge in [-0.15, -0.1) is 0 Å². The summed E-state index contributed by atoms with van der Waals surface area (Å²) < 4.78 is 0. The van der Waals surface area contributed by atoms with E-state index in [4.69, 9.17) is 0 Å². The minimum absolute atomic E-state index is 0.119. The second-order valence-electron chi connectivity index (χ2n) is 7.79. The van der Waals surface area contributed by atoms with Crippen LogP contribution in [0.15, 0.2) is 67.0 Å². The molecule has 2 heterocycles. The maximum absolute atomic E-state index is 13.0. The second-order valence-corrected chi connectivity index (χ2v) is 7.79. The van der Waals surface area contributed by atoms with E-state index in [9.17, 15) is 14.7 Å². The Balaban J connectivity index is 1.75. The molecule has 0 radical (unpaired) electrons. The molecule has 7 nitrogen and oxygen atoms in total. The van der Waals surface area contributed by atoms with Gasteiger partial charge < -0.3 is 15.7 Å². The van der Waals surface area contributed by atoms with Crippen LogP contribution in [-0.2, 0) is 11.3 Å². The van der Waals surface area contributed by atoms with Gasteiger partial charge in [0.2, 0.25) is 0 Å². The Morgan fingerprint density at radius 3 is 2.45 bits per heavy atom. The van der Waals surface area contributed by atoms with Gasteiger partial charge in [0.1, 0.15) is 0 Å². The third-order valence-corrected chi connectivity index (χ3v) is 5.74. The highest BCUT2D eigenvalue weighted by molar-refractivity contribution is 6.37. The zero-order valence-electron chi connectivity index (χ0n) is 18.6. The fourth-order valence-electron chi connectivity index (χ4n) is 3.88. The average Bonchev–Trinajstić information content (AvgIpc) is 3.17. The first kappa shape index (κ1) is 22.2. The number of hydrogen-bond acceptors (Lipinski definition) is 5. The van der Waals surface area contributed by atoms with Gasteiger partial charge in [-0.1, -0.05) is 26.0 Å². The highest BCUT2D eigenvalue weighted by Gasteiger charge is 2.29. The first-order valence-corrected chi connectivity index (χ1v) is 10.9. The number of anilines is 2. The summed E-state index contributed by atoms with van der Waals surface area (Å²) in [6.45, 7) is 7.14. The lowest BCUT2D eigenvalue weighted by Gasteiger charge is -2.19. The summed E-state index contributed by atoms with van der Waals surface area (Å²) in [4.78, 5) is 31.0. The molecule has 0 aliphatic carbocycles. The predicted octanol–water partition coefficient (Wildman–Crippen LogP) is 4.55. The Bertz CT molecular complexity index is 1200. The van der Waals surface area contributed by atoms with Crippen LogP contribution in [0.2, 0.25) is 0 Å². The van der Waals surface area contributed by atoms with Crippen LogP contribution in [0, 0.1) is 0 Å². The molecule has 3 aromatic rings. The van der Waals surface area contributed by atoms with Crippen LogP contribution in [-0.4, -0.2) is 40.0 Å². The number of rotatable bonds is 8. The Kier molecular flexibility index (Phi) is 6.51. The minimum Gasteiger partial charge on any atom is -0.478 e. The van der Waals surface area contributed by atoms with Gasteiger partial charge >= 0.3 is 5.97 Å². The summed E-state index contributed by atoms with van der Waals surface area (Å²) in [6.07, 6.45) is 3.34. The van der Waals surface area contributed by atoms with Crippen LogP contribution in [0.1, 0.15) is 40.9 Å². The molecule has 0 spiro atoms. The van der Waals surface area contributed by atoms with Crippen molar-refractivity contribution in [3.8, 4) is 0 Å². The van der Waals surface area contributed by atoms with Crippen LogP contribution in [0.25, 0.3) is 11.3 Å². The lowest BCUT2D eigenvalue weighted by Crippen LogP contribution is -2.22. The Labute approximate surface area is 192 Å². The average molecular weight is 443 g/mol. The maximum Gasteiger partial charge on any atom is 0.335 e. The molecule has 2 aromatic carbocycles. The highest BCUT2D eigenvalue weighted by atomic mass is 16.4. The number of hydrogen-bond donors (Lipinski definition) is 3. The second kappa shape index (κ2) is 9.67. The van der Waals surface area contributed by atoms with Crippen molar-refractivity contribution in [2.75, 3.05) is 23.7 Å². The van der Waals surface area contributed by atoms with Crippen LogP contribution in [0.5, 0.6) is 0 Å². The summed E-state index contributed by atoms with van der Waals surface area (Å²) in [5, 5.41) is 15.7. The first-order valence-electron chi connectivity index (χ1n) is 10.9. The van der Waals surface area contributed by atoms with Crippen molar-refractivity contribution >= 4 is 34.5 Å². The monoisotopic (exact) mass is 442 g/mol. The van der Waals surface area contributed by atoms with Crippen molar-refractivity contribution in [1.29, 1.82) is 0 Å². The fraction of sp³-hybridized carbons (Fsp3) is 0.192. The number of nitrogens with zero attached hydrogens (tertiary/aromatic N) is 2. The Morgan fingerprint density at radius 2 is 1.82 bits per heavy atom. The number of aromatic carboxylic acids is 1. The van der Waals surface area contributed by atoms with Crippen LogP contribution >= 0.6 is 0 Å². The summed E-state index contributed by atoms with van der Waals surface area (Å²) in [7, 11) is 0. The number of amides is 1. The van der Waals surface area contributed by atoms with Gasteiger partial charge in [-0.3, -0.25) is 14.7 Å². The van der Waals surface area contributed by atoms with E-state index >= 15 is 0 Å². The van der Waals surface area contributed by atoms with Crippen molar-refractivity contribution in [3.05, 3.63) is 89.2 Å². The van der Waals surface area contributed by atoms with E-state index in [0.717, 1.165) is 30.9 Å². The zero-order chi connectivity index (χ0) is 23.4. The smallest absolute Gasteiger partial charge is 0.335 e. The lowest BCUT2D eigenvalue weighted by molar-refractivity contribution is -0.110. The lowest BCUT2D eigenvalue weighted by atomic mass is 9.99. The topological polar surface area (TPSA) is 94.6 Å². The third-order valence-electron chi connectivity index (χ3n) is 5.74. The van der Waals surface area contributed by atoms with Gasteiger partial charge in [-0.05, 0) is 61.1 Å². The molecule has 33 heavy (non-hydrogen) atoms. The molecule has 1 aliphatic rings. The SMILES string of the molecule is CCN(CC)Cc1ccc(NC(=C2C(=O)Nc3ccc(C(=O)O)cc32)c2cccnc2)cc1. The largest absolute Gasteiger partial charge is 0.478 e. The summed E-state index contributed by atoms with van der Waals surface area (Å²) >= 11 is 0. The highest BCUT2D eigenvalue weighted by Crippen LogP contribution is 2.38. The number of carboxylic acid groups (broad SMARTS) is 1. The van der Waals surface area contributed by atoms with E-state index in [2.05, 4.69) is 46.5 Å². The Morgan fingerprint density at radius 1 is 1.06 bits per heavy atom. The number of carbonyl (C=O) groups is 2. The molecule has 0 saturated carbocycles. The molecule has 1 aliphatic heterocycles. The molecule has 0 atom stereocenters. The van der Waals surface area contributed by atoms with Gasteiger partial charge in [-0.2, -0.15) is 0 Å². The molecule has 1 aromatic heterocycles. The molecular weight excluding hydrogens is 416 g/mol. The quantitative estimate of drug-likeness (QED) is 0.443. The van der Waals surface area contributed by atoms with Gasteiger partial charge in [0.25, 0.3) is 5.91 Å². The van der Waals surface area contributed by atoms with Gasteiger partial charge in [0.05, 0.1) is 16.8 Å². The van der Waals surface area contributed by atoms with E-state index in [1.54, 1.807) is 24.5 Å². The molecule has 4 rings (SSSR count). The fourth-order valence-corrected chi connectivity index (χ4v) is 3.88. The van der Waals surface area contributed by atoms with Crippen molar-refractivity contribution < 1.29 is 14.7 Å². The third kappa shape index (κ3) is 4.78. The molecule has 168 valence electrons. The van der Waals surface area contributed by atoms with Crippen LogP contribution < -0.4 is 10.6 Å². The Hall–Kier alpha value is -3.97. The summed E-state index contributed by atoms with van der Waals surface area (Å²) in [5.41, 5.74) is 4.95. The number of benzene rings is 2. The molecule has 3 N–H and O–H groups in total. The van der Waals surface area contributed by atoms with Gasteiger partial charge in [0.15, 0.2) is 0 Å². The molecule has 0 unspecified atom stereocenters. The maximum atomic E-state index is 13.0. The molecule has 0 saturated heterocycles. The number of fused-ring (bicyclic) bond motifs is 1. The van der Waals surface area contributed by atoms with E-state index < -0.39 is 5.97 Å². The zero-order valence-corrected chi connectivity index (χ0v) is 18.6. The predicted molar refractivity (Wildman–Crippen MR) is 130 cm³/mol. The molecule has 0 fully saturated rings. The number of aromatic nitrogens is 1. The summed E-state index contributed by atoms with van der Waals surface area (Å²) in [5.74, 6) is -1.34. The minimum atomic E-state index is -1.05. The molecular formula is C26H26N4O3. The van der Waals surface area contributed by atoms with E-state index in [1.165, 1.54) is 17.7 Å². The van der Waals surface area contributed by atoms with E-state index in [-0.39, 0.29) is 11.5 Å². The summed E-state index contributed by atoms with van der Waals surface area (Å²) in [6, 6.07) is 16.4. The normalized spacial score (nSPS) is 14.1. The molecule has 0 bridgehead atoms. The van der Waals surface area contributed by atoms with E-state index in [1.807, 2.05) is 18.2 Å². The van der Waals surface area contributed by atoms with Crippen LogP contribution in [0.4, 0.5) is 11.4 Å².